The van der Waals surface area contributed by atoms with Gasteiger partial charge in [-0.1, -0.05) is 0 Å². The molecule has 0 spiro atoms. The largest absolute Gasteiger partial charge is 0.442 e. The summed E-state index contributed by atoms with van der Waals surface area (Å²) in [7, 11) is 0. The number of aryl methyl sites for hydroxylation is 1. The molecular formula is C11H16N2O3. The number of carbonyl (C=O) groups excluding carboxylic acids is 1. The van der Waals surface area contributed by atoms with Crippen molar-refractivity contribution in [2.45, 2.75) is 33.3 Å². The highest BCUT2D eigenvalue weighted by atomic mass is 16.6. The molecule has 0 aromatic carbocycles. The van der Waals surface area contributed by atoms with Gasteiger partial charge in [0, 0.05) is 6.20 Å². The molecule has 0 saturated heterocycles. The lowest BCUT2D eigenvalue weighted by atomic mass is 10.2. The standard InChI is InChI=1S/C11H16N2O3/c1-8-5-6-12-9(7-8)13(15)10(14)16-11(2,3)4/h5-7,15H,1-4H3. The van der Waals surface area contributed by atoms with E-state index >= 15 is 0 Å². The van der Waals surface area contributed by atoms with Gasteiger partial charge in [0.2, 0.25) is 0 Å². The lowest BCUT2D eigenvalue weighted by molar-refractivity contribution is 0.0403. The average molecular weight is 224 g/mol. The van der Waals surface area contributed by atoms with E-state index in [9.17, 15) is 10.0 Å². The fourth-order valence-corrected chi connectivity index (χ4v) is 1.03. The fourth-order valence-electron chi connectivity index (χ4n) is 1.03. The number of pyridine rings is 1. The first kappa shape index (κ1) is 12.4. The van der Waals surface area contributed by atoms with Crippen LogP contribution in [0.4, 0.5) is 10.6 Å². The molecule has 1 aromatic rings. The van der Waals surface area contributed by atoms with Gasteiger partial charge >= 0.3 is 6.09 Å². The Labute approximate surface area is 94.6 Å². The Kier molecular flexibility index (Phi) is 3.49. The van der Waals surface area contributed by atoms with E-state index in [0.29, 0.717) is 5.06 Å². The normalized spacial score (nSPS) is 11.1. The van der Waals surface area contributed by atoms with E-state index in [4.69, 9.17) is 4.74 Å². The van der Waals surface area contributed by atoms with Gasteiger partial charge in [-0.25, -0.2) is 9.78 Å². The molecule has 1 N–H and O–H groups in total. The fraction of sp³-hybridized carbons (Fsp3) is 0.455. The highest BCUT2D eigenvalue weighted by molar-refractivity contribution is 5.83. The number of amides is 1. The number of rotatable bonds is 1. The molecule has 0 aliphatic rings. The Morgan fingerprint density at radius 1 is 1.50 bits per heavy atom. The van der Waals surface area contributed by atoms with Crippen molar-refractivity contribution >= 4 is 11.9 Å². The average Bonchev–Trinajstić information content (AvgIpc) is 2.14. The van der Waals surface area contributed by atoms with E-state index in [1.807, 2.05) is 6.92 Å². The lowest BCUT2D eigenvalue weighted by Crippen LogP contribution is -2.35. The predicted octanol–water partition coefficient (Wildman–Crippen LogP) is 2.52. The third-order valence-electron chi connectivity index (χ3n) is 1.68. The molecule has 1 heterocycles. The van der Waals surface area contributed by atoms with Gasteiger partial charge in [0.25, 0.3) is 0 Å². The van der Waals surface area contributed by atoms with Crippen molar-refractivity contribution in [1.29, 1.82) is 0 Å². The predicted molar refractivity (Wildman–Crippen MR) is 59.5 cm³/mol. The van der Waals surface area contributed by atoms with E-state index < -0.39 is 11.7 Å². The highest BCUT2D eigenvalue weighted by Crippen LogP contribution is 2.14. The summed E-state index contributed by atoms with van der Waals surface area (Å²) in [4.78, 5) is 15.3. The first-order valence-corrected chi connectivity index (χ1v) is 4.94. The number of hydrogen-bond acceptors (Lipinski definition) is 4. The maximum atomic E-state index is 11.5. The van der Waals surface area contributed by atoms with E-state index in [0.717, 1.165) is 5.56 Å². The SMILES string of the molecule is Cc1ccnc(N(O)C(=O)OC(C)(C)C)c1. The number of carbonyl (C=O) groups is 1. The number of nitrogens with zero attached hydrogens (tertiary/aromatic N) is 2. The van der Waals surface area contributed by atoms with Gasteiger partial charge in [-0.05, 0) is 45.4 Å². The Balaban J connectivity index is 2.78. The second-order valence-corrected chi connectivity index (χ2v) is 4.48. The zero-order chi connectivity index (χ0) is 12.3. The Morgan fingerprint density at radius 2 is 2.12 bits per heavy atom. The van der Waals surface area contributed by atoms with Gasteiger partial charge in [0.05, 0.1) is 0 Å². The molecule has 88 valence electrons. The van der Waals surface area contributed by atoms with Crippen LogP contribution >= 0.6 is 0 Å². The minimum atomic E-state index is -0.842. The maximum absolute atomic E-state index is 11.5. The molecule has 0 radical (unpaired) electrons. The summed E-state index contributed by atoms with van der Waals surface area (Å²) < 4.78 is 4.99. The van der Waals surface area contributed by atoms with Crippen LogP contribution in [0.15, 0.2) is 18.3 Å². The van der Waals surface area contributed by atoms with Gasteiger partial charge < -0.3 is 4.74 Å². The van der Waals surface area contributed by atoms with Gasteiger partial charge in [-0.2, -0.15) is 0 Å². The molecule has 1 aromatic heterocycles. The molecule has 0 atom stereocenters. The van der Waals surface area contributed by atoms with Crippen LogP contribution in [0.3, 0.4) is 0 Å². The summed E-state index contributed by atoms with van der Waals surface area (Å²) in [6.45, 7) is 7.02. The number of ether oxygens (including phenoxy) is 1. The Morgan fingerprint density at radius 3 is 2.62 bits per heavy atom. The minimum Gasteiger partial charge on any atom is -0.442 e. The molecule has 5 heteroatoms. The first-order chi connectivity index (χ1) is 7.29. The third-order valence-corrected chi connectivity index (χ3v) is 1.68. The van der Waals surface area contributed by atoms with Gasteiger partial charge in [0.1, 0.15) is 5.60 Å². The molecule has 0 fully saturated rings. The zero-order valence-corrected chi connectivity index (χ0v) is 9.89. The maximum Gasteiger partial charge on any atom is 0.440 e. The van der Waals surface area contributed by atoms with Crippen molar-refractivity contribution in [2.24, 2.45) is 0 Å². The van der Waals surface area contributed by atoms with Crippen LogP contribution in [0, 0.1) is 6.92 Å². The molecule has 0 aliphatic carbocycles. The summed E-state index contributed by atoms with van der Waals surface area (Å²) >= 11 is 0. The monoisotopic (exact) mass is 224 g/mol. The third kappa shape index (κ3) is 3.51. The van der Waals surface area contributed by atoms with Crippen LogP contribution in [0.5, 0.6) is 0 Å². The van der Waals surface area contributed by atoms with Crippen molar-refractivity contribution in [3.05, 3.63) is 23.9 Å². The minimum absolute atomic E-state index is 0.147. The van der Waals surface area contributed by atoms with Crippen molar-refractivity contribution in [2.75, 3.05) is 5.06 Å². The molecule has 1 rings (SSSR count). The molecule has 0 aliphatic heterocycles. The van der Waals surface area contributed by atoms with Gasteiger partial charge in [-0.15, -0.1) is 5.06 Å². The van der Waals surface area contributed by atoms with Gasteiger partial charge in [0.15, 0.2) is 5.82 Å². The van der Waals surface area contributed by atoms with Crippen LogP contribution in [0.2, 0.25) is 0 Å². The Bertz CT molecular complexity index is 385. The molecule has 0 unspecified atom stereocenters. The summed E-state index contributed by atoms with van der Waals surface area (Å²) in [5, 5.41) is 9.97. The molecule has 0 bridgehead atoms. The van der Waals surface area contributed by atoms with Crippen LogP contribution in [0.1, 0.15) is 26.3 Å². The van der Waals surface area contributed by atoms with E-state index in [2.05, 4.69) is 4.98 Å². The smallest absolute Gasteiger partial charge is 0.440 e. The van der Waals surface area contributed by atoms with E-state index in [1.54, 1.807) is 32.9 Å². The molecule has 5 nitrogen and oxygen atoms in total. The number of aromatic nitrogens is 1. The van der Waals surface area contributed by atoms with Crippen molar-refractivity contribution in [3.63, 3.8) is 0 Å². The van der Waals surface area contributed by atoms with Crippen LogP contribution in [0.25, 0.3) is 0 Å². The Hall–Kier alpha value is -1.62. The lowest BCUT2D eigenvalue weighted by Gasteiger charge is -2.22. The number of anilines is 1. The summed E-state index contributed by atoms with van der Waals surface area (Å²) in [6.07, 6.45) is 0.670. The number of hydrogen-bond donors (Lipinski definition) is 1. The molecular weight excluding hydrogens is 208 g/mol. The number of hydroxylamine groups is 1. The second-order valence-electron chi connectivity index (χ2n) is 4.48. The summed E-state index contributed by atoms with van der Waals surface area (Å²) in [5.41, 5.74) is 0.245. The summed E-state index contributed by atoms with van der Waals surface area (Å²) in [5.74, 6) is 0.147. The molecule has 16 heavy (non-hydrogen) atoms. The highest BCUT2D eigenvalue weighted by Gasteiger charge is 2.22. The van der Waals surface area contributed by atoms with E-state index in [-0.39, 0.29) is 5.82 Å². The zero-order valence-electron chi connectivity index (χ0n) is 9.89. The summed E-state index contributed by atoms with van der Waals surface area (Å²) in [6, 6.07) is 3.36. The first-order valence-electron chi connectivity index (χ1n) is 4.94. The van der Waals surface area contributed by atoms with E-state index in [1.165, 1.54) is 6.20 Å². The van der Waals surface area contributed by atoms with Crippen LogP contribution in [-0.2, 0) is 4.74 Å². The second kappa shape index (κ2) is 4.49. The topological polar surface area (TPSA) is 62.7 Å². The van der Waals surface area contributed by atoms with Gasteiger partial charge in [-0.3, -0.25) is 5.21 Å². The van der Waals surface area contributed by atoms with Crippen molar-refractivity contribution in [3.8, 4) is 0 Å². The molecule has 0 saturated carbocycles. The van der Waals surface area contributed by atoms with Crippen molar-refractivity contribution in [1.82, 2.24) is 4.98 Å². The van der Waals surface area contributed by atoms with Crippen molar-refractivity contribution < 1.29 is 14.7 Å². The van der Waals surface area contributed by atoms with Crippen LogP contribution in [-0.4, -0.2) is 21.9 Å². The molecule has 1 amide bonds. The quantitative estimate of drug-likeness (QED) is 0.588. The van der Waals surface area contributed by atoms with Crippen LogP contribution < -0.4 is 5.06 Å².